The highest BCUT2D eigenvalue weighted by molar-refractivity contribution is 6.23. The molecule has 0 bridgehead atoms. The van der Waals surface area contributed by atoms with Crippen LogP contribution in [0, 0.1) is 0 Å². The molecule has 9 rings (SSSR count). The first-order valence-electron chi connectivity index (χ1n) is 18.4. The van der Waals surface area contributed by atoms with Gasteiger partial charge in [0.1, 0.15) is 11.1 Å². The van der Waals surface area contributed by atoms with Crippen molar-refractivity contribution in [3.05, 3.63) is 192 Å². The van der Waals surface area contributed by atoms with Gasteiger partial charge in [0, 0.05) is 17.3 Å². The summed E-state index contributed by atoms with van der Waals surface area (Å²) in [6, 6.07) is 52.3. The van der Waals surface area contributed by atoms with E-state index in [1.807, 2.05) is 55.6 Å². The fourth-order valence-corrected chi connectivity index (χ4v) is 7.41. The third-order valence-electron chi connectivity index (χ3n) is 10.1. The smallest absolute Gasteiger partial charge is 0.161 e. The zero-order valence-electron chi connectivity index (χ0n) is 30.4. The zero-order valence-corrected chi connectivity index (χ0v) is 30.4. The molecule has 7 aromatic carbocycles. The molecule has 0 unspecified atom stereocenters. The van der Waals surface area contributed by atoms with E-state index >= 15 is 0 Å². The minimum absolute atomic E-state index is 0.474. The molecular weight excluding hydrogens is 673 g/mol. The Morgan fingerprint density at radius 2 is 1.40 bits per heavy atom. The SMILES string of the molecule is C=NC(=NC(=NCc1ccccc1)C(/C=C\c1ccc(-c2cc3oc4cccnc4c3c3ccccc23)cc1)=C\C)c1cc2ccccc2c2ccccc12. The lowest BCUT2D eigenvalue weighted by atomic mass is 9.95. The van der Waals surface area contributed by atoms with Crippen LogP contribution in [0.2, 0.25) is 0 Å². The second kappa shape index (κ2) is 14.6. The number of fused-ring (bicyclic) bond motifs is 8. The van der Waals surface area contributed by atoms with Gasteiger partial charge in [-0.25, -0.2) is 9.98 Å². The Morgan fingerprint density at radius 3 is 2.18 bits per heavy atom. The lowest BCUT2D eigenvalue weighted by molar-refractivity contribution is 0.668. The van der Waals surface area contributed by atoms with Crippen molar-refractivity contribution in [2.45, 2.75) is 13.5 Å². The molecule has 5 heteroatoms. The monoisotopic (exact) mass is 708 g/mol. The number of hydrogen-bond donors (Lipinski definition) is 0. The first kappa shape index (κ1) is 33.6. The van der Waals surface area contributed by atoms with Gasteiger partial charge in [-0.05, 0) is 92.5 Å². The van der Waals surface area contributed by atoms with Gasteiger partial charge >= 0.3 is 0 Å². The topological polar surface area (TPSA) is 63.1 Å². The van der Waals surface area contributed by atoms with Crippen molar-refractivity contribution in [1.82, 2.24) is 4.98 Å². The fourth-order valence-electron chi connectivity index (χ4n) is 7.41. The summed E-state index contributed by atoms with van der Waals surface area (Å²) in [5.41, 5.74) is 8.66. The average molecular weight is 709 g/mol. The first-order valence-corrected chi connectivity index (χ1v) is 18.4. The standard InChI is InChI=1S/C50H36N4O/c1-3-35(26-23-33-24-27-36(28-25-33)43-31-46-47(42-21-12-11-20-41(42)43)48-45(55-46)22-13-29-52-48)49(53-32-34-14-5-4-6-15-34)54-50(51-2)44-30-37-16-7-8-17-38(37)39-18-9-10-19-40(39)44/h3-31H,2,32H2,1H3/b26-23-,35-3-,53-49?,54-50?. The maximum atomic E-state index is 6.29. The van der Waals surface area contributed by atoms with Gasteiger partial charge in [-0.2, -0.15) is 0 Å². The van der Waals surface area contributed by atoms with Crippen molar-refractivity contribution in [3.63, 3.8) is 0 Å². The summed E-state index contributed by atoms with van der Waals surface area (Å²) in [4.78, 5) is 19.3. The second-order valence-electron chi connectivity index (χ2n) is 13.4. The van der Waals surface area contributed by atoms with E-state index in [-0.39, 0.29) is 0 Å². The molecule has 0 aliphatic heterocycles. The van der Waals surface area contributed by atoms with Crippen LogP contribution >= 0.6 is 0 Å². The Bertz CT molecular complexity index is 3020. The summed E-state index contributed by atoms with van der Waals surface area (Å²) in [5, 5.41) is 7.85. The molecule has 0 saturated carbocycles. The second-order valence-corrected chi connectivity index (χ2v) is 13.4. The van der Waals surface area contributed by atoms with Crippen LogP contribution in [0.4, 0.5) is 0 Å². The lowest BCUT2D eigenvalue weighted by Gasteiger charge is -2.11. The maximum absolute atomic E-state index is 6.29. The van der Waals surface area contributed by atoms with Crippen molar-refractivity contribution < 1.29 is 4.42 Å². The fraction of sp³-hybridized carbons (Fsp3) is 0.0400. The molecular formula is C50H36N4O. The Hall–Kier alpha value is -7.24. The van der Waals surface area contributed by atoms with Gasteiger partial charge in [-0.15, -0.1) is 0 Å². The van der Waals surface area contributed by atoms with E-state index < -0.39 is 0 Å². The van der Waals surface area contributed by atoms with Crippen LogP contribution in [0.5, 0.6) is 0 Å². The van der Waals surface area contributed by atoms with E-state index in [4.69, 9.17) is 14.4 Å². The number of aromatic nitrogens is 1. The zero-order chi connectivity index (χ0) is 37.1. The number of benzene rings is 7. The van der Waals surface area contributed by atoms with E-state index in [9.17, 15) is 0 Å². The van der Waals surface area contributed by atoms with Gasteiger partial charge in [0.05, 0.1) is 11.9 Å². The van der Waals surface area contributed by atoms with Gasteiger partial charge in [0.15, 0.2) is 17.3 Å². The van der Waals surface area contributed by atoms with Crippen LogP contribution < -0.4 is 0 Å². The molecule has 2 heterocycles. The maximum Gasteiger partial charge on any atom is 0.161 e. The predicted molar refractivity (Wildman–Crippen MR) is 232 cm³/mol. The van der Waals surface area contributed by atoms with Crippen LogP contribution in [-0.2, 0) is 6.54 Å². The number of pyridine rings is 1. The van der Waals surface area contributed by atoms with Crippen molar-refractivity contribution in [2.75, 3.05) is 0 Å². The quantitative estimate of drug-likeness (QED) is 0.0716. The molecule has 0 fully saturated rings. The number of hydrogen-bond acceptors (Lipinski definition) is 3. The Labute approximate surface area is 319 Å². The van der Waals surface area contributed by atoms with Crippen molar-refractivity contribution in [3.8, 4) is 11.1 Å². The third-order valence-corrected chi connectivity index (χ3v) is 10.1. The third kappa shape index (κ3) is 6.42. The highest BCUT2D eigenvalue weighted by Gasteiger charge is 2.16. The van der Waals surface area contributed by atoms with E-state index in [1.54, 1.807) is 0 Å². The summed E-state index contributed by atoms with van der Waals surface area (Å²) in [5.74, 6) is 1.11. The molecule has 0 spiro atoms. The average Bonchev–Trinajstić information content (AvgIpc) is 3.63. The van der Waals surface area contributed by atoms with Crippen LogP contribution in [-0.4, -0.2) is 23.4 Å². The largest absolute Gasteiger partial charge is 0.454 e. The minimum atomic E-state index is 0.474. The molecule has 0 radical (unpaired) electrons. The number of aliphatic imine (C=N–C) groups is 3. The van der Waals surface area contributed by atoms with E-state index in [0.29, 0.717) is 18.2 Å². The minimum Gasteiger partial charge on any atom is -0.454 e. The summed E-state index contributed by atoms with van der Waals surface area (Å²) in [7, 11) is 0. The van der Waals surface area contributed by atoms with E-state index in [1.165, 1.54) is 5.39 Å². The van der Waals surface area contributed by atoms with Gasteiger partial charge < -0.3 is 4.42 Å². The molecule has 0 atom stereocenters. The molecule has 2 aromatic heterocycles. The van der Waals surface area contributed by atoms with Gasteiger partial charge in [-0.3, -0.25) is 9.98 Å². The predicted octanol–water partition coefficient (Wildman–Crippen LogP) is 12.8. The summed E-state index contributed by atoms with van der Waals surface area (Å²) < 4.78 is 6.29. The molecule has 55 heavy (non-hydrogen) atoms. The van der Waals surface area contributed by atoms with Crippen LogP contribution in [0.3, 0.4) is 0 Å². The van der Waals surface area contributed by atoms with E-state index in [2.05, 4.69) is 144 Å². The molecule has 0 aliphatic carbocycles. The number of amidine groups is 2. The number of allylic oxidation sites excluding steroid dienone is 1. The Kier molecular flexibility index (Phi) is 8.94. The summed E-state index contributed by atoms with van der Waals surface area (Å²) >= 11 is 0. The summed E-state index contributed by atoms with van der Waals surface area (Å²) in [6.07, 6.45) is 8.04. The Balaban J connectivity index is 1.08. The van der Waals surface area contributed by atoms with Crippen LogP contribution in [0.1, 0.15) is 23.6 Å². The first-order chi connectivity index (χ1) is 27.2. The normalized spacial score (nSPS) is 12.9. The number of nitrogens with zero attached hydrogens (tertiary/aromatic N) is 4. The van der Waals surface area contributed by atoms with Crippen molar-refractivity contribution >= 4 is 78.9 Å². The highest BCUT2D eigenvalue weighted by Crippen LogP contribution is 2.39. The van der Waals surface area contributed by atoms with Gasteiger partial charge in [0.25, 0.3) is 0 Å². The molecule has 0 aliphatic rings. The Morgan fingerprint density at radius 1 is 0.691 bits per heavy atom. The highest BCUT2D eigenvalue weighted by atomic mass is 16.3. The number of rotatable bonds is 7. The van der Waals surface area contributed by atoms with Crippen LogP contribution in [0.25, 0.3) is 71.6 Å². The molecule has 0 N–H and O–H groups in total. The molecule has 262 valence electrons. The number of furan rings is 1. The molecule has 0 amide bonds. The molecule has 9 aromatic rings. The van der Waals surface area contributed by atoms with Crippen molar-refractivity contribution in [2.24, 2.45) is 15.0 Å². The van der Waals surface area contributed by atoms with Gasteiger partial charge in [0.2, 0.25) is 0 Å². The lowest BCUT2D eigenvalue weighted by Crippen LogP contribution is -2.07. The summed E-state index contributed by atoms with van der Waals surface area (Å²) in [6.45, 7) is 6.46. The van der Waals surface area contributed by atoms with Crippen LogP contribution in [0.15, 0.2) is 195 Å². The molecule has 0 saturated heterocycles. The van der Waals surface area contributed by atoms with E-state index in [0.717, 1.165) is 82.4 Å². The van der Waals surface area contributed by atoms with Gasteiger partial charge in [-0.1, -0.05) is 146 Å². The molecule has 5 nitrogen and oxygen atoms in total. The van der Waals surface area contributed by atoms with Crippen molar-refractivity contribution in [1.29, 1.82) is 0 Å².